The van der Waals surface area contributed by atoms with Crippen LogP contribution in [0.3, 0.4) is 0 Å². The van der Waals surface area contributed by atoms with E-state index in [1.54, 1.807) is 11.8 Å². The molecule has 0 fully saturated rings. The number of hydrogen-bond donors (Lipinski definition) is 0. The fraction of sp³-hybridized carbons (Fsp3) is 0.571. The van der Waals surface area contributed by atoms with Gasteiger partial charge in [0.2, 0.25) is 0 Å². The maximum Gasteiger partial charge on any atom is 0.148 e. The molecule has 1 aromatic heterocycles. The van der Waals surface area contributed by atoms with Gasteiger partial charge in [0.05, 0.1) is 5.75 Å². The number of hydrogen-bond acceptors (Lipinski definition) is 3. The summed E-state index contributed by atoms with van der Waals surface area (Å²) in [7, 11) is 0. The van der Waals surface area contributed by atoms with Gasteiger partial charge in [0.1, 0.15) is 5.78 Å². The van der Waals surface area contributed by atoms with Gasteiger partial charge in [0, 0.05) is 23.6 Å². The lowest BCUT2D eigenvalue weighted by Gasteiger charge is -2.07. The van der Waals surface area contributed by atoms with Crippen LogP contribution in [0.25, 0.3) is 0 Å². The van der Waals surface area contributed by atoms with Crippen molar-refractivity contribution in [3.63, 3.8) is 0 Å². The monoisotopic (exact) mass is 251 g/mol. The Hall–Kier alpha value is -0.830. The molecule has 94 valence electrons. The molecule has 2 nitrogen and oxygen atoms in total. The van der Waals surface area contributed by atoms with Gasteiger partial charge >= 0.3 is 0 Å². The average Bonchev–Trinajstić information content (AvgIpc) is 2.36. The number of thioether (sulfide) groups is 1. The standard InChI is InChI=1S/C14H21NOS/c1-4-11(3)17-10-14(16)8-13-7-6-12(5-2)9-15-13/h6-7,9,11H,4-5,8,10H2,1-3H3. The van der Waals surface area contributed by atoms with Gasteiger partial charge in [0.25, 0.3) is 0 Å². The quantitative estimate of drug-likeness (QED) is 0.745. The zero-order chi connectivity index (χ0) is 12.7. The summed E-state index contributed by atoms with van der Waals surface area (Å²) in [6, 6.07) is 4.02. The third-order valence-electron chi connectivity index (χ3n) is 2.78. The zero-order valence-electron chi connectivity index (χ0n) is 10.9. The van der Waals surface area contributed by atoms with E-state index in [0.29, 0.717) is 17.4 Å². The highest BCUT2D eigenvalue weighted by Gasteiger charge is 2.07. The Morgan fingerprint density at radius 1 is 1.41 bits per heavy atom. The summed E-state index contributed by atoms with van der Waals surface area (Å²) in [5, 5.41) is 0.564. The number of nitrogens with zero attached hydrogens (tertiary/aromatic N) is 1. The van der Waals surface area contributed by atoms with Gasteiger partial charge in [-0.2, -0.15) is 11.8 Å². The van der Waals surface area contributed by atoms with Gasteiger partial charge in [-0.1, -0.05) is 26.8 Å². The van der Waals surface area contributed by atoms with E-state index in [4.69, 9.17) is 0 Å². The van der Waals surface area contributed by atoms with E-state index in [1.165, 1.54) is 5.56 Å². The van der Waals surface area contributed by atoms with Crippen LogP contribution >= 0.6 is 11.8 Å². The lowest BCUT2D eigenvalue weighted by Crippen LogP contribution is -2.09. The molecule has 0 aliphatic carbocycles. The van der Waals surface area contributed by atoms with Crippen LogP contribution in [0.2, 0.25) is 0 Å². The number of aryl methyl sites for hydroxylation is 1. The number of aromatic nitrogens is 1. The van der Waals surface area contributed by atoms with Crippen LogP contribution in [0.4, 0.5) is 0 Å². The van der Waals surface area contributed by atoms with Gasteiger partial charge < -0.3 is 0 Å². The van der Waals surface area contributed by atoms with E-state index in [9.17, 15) is 4.79 Å². The van der Waals surface area contributed by atoms with Crippen LogP contribution in [0, 0.1) is 0 Å². The first-order chi connectivity index (χ1) is 8.15. The fourth-order valence-electron chi connectivity index (χ4n) is 1.37. The molecule has 0 saturated carbocycles. The third-order valence-corrected chi connectivity index (χ3v) is 4.17. The molecule has 0 saturated heterocycles. The average molecular weight is 251 g/mol. The van der Waals surface area contributed by atoms with Crippen molar-refractivity contribution in [1.29, 1.82) is 0 Å². The maximum absolute atomic E-state index is 11.7. The molecular weight excluding hydrogens is 230 g/mol. The highest BCUT2D eigenvalue weighted by molar-refractivity contribution is 8.00. The molecule has 0 aromatic carbocycles. The van der Waals surface area contributed by atoms with Crippen LogP contribution in [0.1, 0.15) is 38.4 Å². The molecule has 1 heterocycles. The minimum Gasteiger partial charge on any atom is -0.298 e. The molecule has 1 rings (SSSR count). The maximum atomic E-state index is 11.7. The van der Waals surface area contributed by atoms with E-state index in [2.05, 4.69) is 31.8 Å². The zero-order valence-corrected chi connectivity index (χ0v) is 11.7. The van der Waals surface area contributed by atoms with Crippen LogP contribution in [-0.2, 0) is 17.6 Å². The van der Waals surface area contributed by atoms with Crippen LogP contribution in [-0.4, -0.2) is 21.8 Å². The van der Waals surface area contributed by atoms with Gasteiger partial charge in [-0.15, -0.1) is 0 Å². The van der Waals surface area contributed by atoms with Gasteiger partial charge in [0.15, 0.2) is 0 Å². The van der Waals surface area contributed by atoms with Crippen LogP contribution < -0.4 is 0 Å². The second-order valence-electron chi connectivity index (χ2n) is 4.26. The Kier molecular flexibility index (Phi) is 6.27. The first kappa shape index (κ1) is 14.2. The Labute approximate surface area is 108 Å². The number of rotatable bonds is 7. The molecule has 0 bridgehead atoms. The van der Waals surface area contributed by atoms with Crippen molar-refractivity contribution < 1.29 is 4.79 Å². The first-order valence-corrected chi connectivity index (χ1v) is 7.27. The van der Waals surface area contributed by atoms with Crippen molar-refractivity contribution in [2.75, 3.05) is 5.75 Å². The fourth-order valence-corrected chi connectivity index (χ4v) is 2.18. The summed E-state index contributed by atoms with van der Waals surface area (Å²) in [6.45, 7) is 6.41. The SMILES string of the molecule is CCc1ccc(CC(=O)CSC(C)CC)nc1. The Morgan fingerprint density at radius 2 is 2.18 bits per heavy atom. The van der Waals surface area contributed by atoms with Gasteiger partial charge in [-0.3, -0.25) is 9.78 Å². The number of pyridine rings is 1. The summed E-state index contributed by atoms with van der Waals surface area (Å²) < 4.78 is 0. The molecular formula is C14H21NOS. The third kappa shape index (κ3) is 5.35. The van der Waals surface area contributed by atoms with E-state index >= 15 is 0 Å². The molecule has 0 amide bonds. The lowest BCUT2D eigenvalue weighted by molar-refractivity contribution is -0.116. The molecule has 1 aromatic rings. The number of carbonyl (C=O) groups is 1. The Balaban J connectivity index is 2.39. The van der Waals surface area contributed by atoms with Crippen molar-refractivity contribution in [2.45, 2.75) is 45.3 Å². The lowest BCUT2D eigenvalue weighted by atomic mass is 10.1. The van der Waals surface area contributed by atoms with Crippen LogP contribution in [0.5, 0.6) is 0 Å². The number of carbonyl (C=O) groups excluding carboxylic acids is 1. The highest BCUT2D eigenvalue weighted by atomic mass is 32.2. The predicted molar refractivity (Wildman–Crippen MR) is 74.5 cm³/mol. The Bertz CT molecular complexity index is 348. The molecule has 0 radical (unpaired) electrons. The summed E-state index contributed by atoms with van der Waals surface area (Å²) in [6.07, 6.45) is 4.43. The molecule has 0 spiro atoms. The molecule has 1 unspecified atom stereocenters. The molecule has 1 atom stereocenters. The van der Waals surface area contributed by atoms with Crippen molar-refractivity contribution in [3.8, 4) is 0 Å². The highest BCUT2D eigenvalue weighted by Crippen LogP contribution is 2.14. The second-order valence-corrected chi connectivity index (χ2v) is 5.68. The Morgan fingerprint density at radius 3 is 2.71 bits per heavy atom. The number of Topliss-reactive ketones (excluding diaryl/α,β-unsaturated/α-hetero) is 1. The summed E-state index contributed by atoms with van der Waals surface area (Å²) >= 11 is 1.73. The summed E-state index contributed by atoms with van der Waals surface area (Å²) in [5.41, 5.74) is 2.10. The molecule has 17 heavy (non-hydrogen) atoms. The molecule has 0 aliphatic heterocycles. The van der Waals surface area contributed by atoms with Crippen LogP contribution in [0.15, 0.2) is 18.3 Å². The summed E-state index contributed by atoms with van der Waals surface area (Å²) in [4.78, 5) is 16.0. The van der Waals surface area contributed by atoms with E-state index in [0.717, 1.165) is 18.5 Å². The molecule has 3 heteroatoms. The van der Waals surface area contributed by atoms with Gasteiger partial charge in [-0.25, -0.2) is 0 Å². The smallest absolute Gasteiger partial charge is 0.148 e. The topological polar surface area (TPSA) is 30.0 Å². The van der Waals surface area contributed by atoms with E-state index in [-0.39, 0.29) is 5.78 Å². The molecule has 0 N–H and O–H groups in total. The predicted octanol–water partition coefficient (Wildman–Crippen LogP) is 3.29. The molecule has 0 aliphatic rings. The van der Waals surface area contributed by atoms with Crippen molar-refractivity contribution in [1.82, 2.24) is 4.98 Å². The van der Waals surface area contributed by atoms with Gasteiger partial charge in [-0.05, 0) is 24.5 Å². The summed E-state index contributed by atoms with van der Waals surface area (Å²) in [5.74, 6) is 0.874. The second kappa shape index (κ2) is 7.49. The van der Waals surface area contributed by atoms with E-state index < -0.39 is 0 Å². The van der Waals surface area contributed by atoms with Crippen molar-refractivity contribution >= 4 is 17.5 Å². The normalized spacial score (nSPS) is 12.4. The van der Waals surface area contributed by atoms with E-state index in [1.807, 2.05) is 12.3 Å². The number of ketones is 1. The van der Waals surface area contributed by atoms with Crippen molar-refractivity contribution in [2.24, 2.45) is 0 Å². The minimum atomic E-state index is 0.270. The largest absolute Gasteiger partial charge is 0.298 e. The van der Waals surface area contributed by atoms with Crippen molar-refractivity contribution in [3.05, 3.63) is 29.6 Å². The minimum absolute atomic E-state index is 0.270. The first-order valence-electron chi connectivity index (χ1n) is 6.22.